The van der Waals surface area contributed by atoms with Gasteiger partial charge in [-0.25, -0.2) is 9.18 Å². The number of benzene rings is 2. The van der Waals surface area contributed by atoms with E-state index in [1.807, 2.05) is 60.5 Å². The summed E-state index contributed by atoms with van der Waals surface area (Å²) in [6, 6.07) is 17.0. The van der Waals surface area contributed by atoms with Crippen LogP contribution in [0.2, 0.25) is 0 Å². The van der Waals surface area contributed by atoms with Crippen LogP contribution in [0.15, 0.2) is 70.8 Å². The number of pyridine rings is 1. The minimum atomic E-state index is -0.682. The Labute approximate surface area is 237 Å². The number of halogens is 1. The summed E-state index contributed by atoms with van der Waals surface area (Å²) in [5, 5.41) is 2.62. The predicted octanol–water partition coefficient (Wildman–Crippen LogP) is 5.58. The summed E-state index contributed by atoms with van der Waals surface area (Å²) in [6.07, 6.45) is 0. The number of carbonyl (C=O) groups excluding carboxylic acids is 2. The first kappa shape index (κ1) is 30.5. The van der Waals surface area contributed by atoms with Crippen molar-refractivity contribution in [1.29, 1.82) is 0 Å². The van der Waals surface area contributed by atoms with E-state index in [1.165, 1.54) is 28.0 Å². The van der Waals surface area contributed by atoms with Gasteiger partial charge in [0.05, 0.1) is 29.2 Å². The molecule has 0 bridgehead atoms. The van der Waals surface area contributed by atoms with E-state index in [0.717, 1.165) is 10.9 Å². The highest BCUT2D eigenvalue weighted by Crippen LogP contribution is 2.31. The molecular weight excluding hydrogens is 531 g/mol. The van der Waals surface area contributed by atoms with Gasteiger partial charge in [-0.3, -0.25) is 9.59 Å². The van der Waals surface area contributed by atoms with E-state index in [4.69, 9.17) is 4.74 Å². The number of thiophene rings is 1. The third kappa shape index (κ3) is 6.24. The van der Waals surface area contributed by atoms with E-state index < -0.39 is 11.5 Å². The topological polar surface area (TPSA) is 107 Å². The van der Waals surface area contributed by atoms with Crippen molar-refractivity contribution in [3.8, 4) is 0 Å². The number of ether oxygens (including phenoxy) is 1. The molecule has 3 heterocycles. The van der Waals surface area contributed by atoms with Crippen LogP contribution in [0.5, 0.6) is 0 Å². The molecular formula is C30H35FN4O4S. The van der Waals surface area contributed by atoms with Gasteiger partial charge in [0.15, 0.2) is 0 Å². The fraction of sp³-hybridized carbons (Fsp3) is 0.300. The summed E-state index contributed by atoms with van der Waals surface area (Å²) in [7, 11) is 0. The molecule has 40 heavy (non-hydrogen) atoms. The average Bonchev–Trinajstić information content (AvgIpc) is 3.51. The number of fused-ring (bicyclic) bond motifs is 1. The zero-order chi connectivity index (χ0) is 27.9. The summed E-state index contributed by atoms with van der Waals surface area (Å²) < 4.78 is 20.3. The lowest BCUT2D eigenvalue weighted by Crippen LogP contribution is -2.49. The summed E-state index contributed by atoms with van der Waals surface area (Å²) in [6.45, 7) is 7.87. The minimum Gasteiger partial charge on any atom is -0.462 e. The molecule has 2 aromatic carbocycles. The lowest BCUT2D eigenvalue weighted by Gasteiger charge is -2.37. The molecule has 10 heteroatoms. The average molecular weight is 567 g/mol. The molecule has 0 saturated carbocycles. The normalized spacial score (nSPS) is 12.8. The number of piperazine rings is 1. The maximum atomic E-state index is 13.9. The van der Waals surface area contributed by atoms with Gasteiger partial charge in [0.25, 0.3) is 11.5 Å². The second-order valence-corrected chi connectivity index (χ2v) is 9.68. The van der Waals surface area contributed by atoms with Crippen molar-refractivity contribution in [3.63, 3.8) is 0 Å². The molecule has 8 nitrogen and oxygen atoms in total. The number of nitrogens with zero attached hydrogens (tertiary/aromatic N) is 3. The Morgan fingerprint density at radius 1 is 0.950 bits per heavy atom. The molecule has 5 rings (SSSR count). The molecule has 1 aliphatic rings. The molecule has 0 atom stereocenters. The highest BCUT2D eigenvalue weighted by molar-refractivity contribution is 7.12. The zero-order valence-corrected chi connectivity index (χ0v) is 23.9. The second-order valence-electron chi connectivity index (χ2n) is 8.74. The number of rotatable bonds is 6. The Kier molecular flexibility index (Phi) is 10.6. The van der Waals surface area contributed by atoms with Gasteiger partial charge in [-0.05, 0) is 42.1 Å². The predicted molar refractivity (Wildman–Crippen MR) is 158 cm³/mol. The van der Waals surface area contributed by atoms with Gasteiger partial charge in [0, 0.05) is 31.6 Å². The van der Waals surface area contributed by atoms with Crippen molar-refractivity contribution in [2.24, 2.45) is 0 Å². The number of aromatic nitrogens is 1. The van der Waals surface area contributed by atoms with Gasteiger partial charge in [0.2, 0.25) is 0 Å². The third-order valence-electron chi connectivity index (χ3n) is 6.49. The number of para-hydroxylation sites is 1. The second kappa shape index (κ2) is 13.9. The molecule has 1 saturated heterocycles. The molecule has 1 amide bonds. The van der Waals surface area contributed by atoms with Crippen LogP contribution in [0, 0.1) is 5.82 Å². The number of carbonyl (C=O) groups is 2. The molecule has 212 valence electrons. The molecule has 1 fully saturated rings. The maximum Gasteiger partial charge on any atom is 0.345 e. The van der Waals surface area contributed by atoms with E-state index in [9.17, 15) is 18.8 Å². The lowest BCUT2D eigenvalue weighted by atomic mass is 10.0. The molecule has 2 aromatic heterocycles. The van der Waals surface area contributed by atoms with Gasteiger partial charge >= 0.3 is 5.97 Å². The quantitative estimate of drug-likeness (QED) is 0.306. The molecule has 3 N–H and O–H groups in total. The van der Waals surface area contributed by atoms with Crippen LogP contribution < -0.4 is 16.6 Å². The van der Waals surface area contributed by atoms with Gasteiger partial charge in [-0.2, -0.15) is 0 Å². The van der Waals surface area contributed by atoms with E-state index in [0.29, 0.717) is 42.3 Å². The summed E-state index contributed by atoms with van der Waals surface area (Å²) >= 11 is 1.41. The van der Waals surface area contributed by atoms with Crippen LogP contribution in [0.1, 0.15) is 46.4 Å². The Morgan fingerprint density at radius 3 is 2.25 bits per heavy atom. The van der Waals surface area contributed by atoms with Crippen LogP contribution in [0.4, 0.5) is 10.1 Å². The van der Waals surface area contributed by atoms with Gasteiger partial charge < -0.3 is 25.3 Å². The van der Waals surface area contributed by atoms with Crippen molar-refractivity contribution in [2.45, 2.75) is 27.3 Å². The third-order valence-corrected chi connectivity index (χ3v) is 7.35. The van der Waals surface area contributed by atoms with E-state index in [1.54, 1.807) is 24.0 Å². The first-order chi connectivity index (χ1) is 19.0. The van der Waals surface area contributed by atoms with Crippen molar-refractivity contribution < 1.29 is 18.7 Å². The van der Waals surface area contributed by atoms with Crippen molar-refractivity contribution in [3.05, 3.63) is 98.2 Å². The van der Waals surface area contributed by atoms with Gasteiger partial charge in [-0.1, -0.05) is 50.2 Å². The standard InChI is InChI=1S/C28H26FN3O4S.C2H6.H3N/c1-2-36-28(35)24-25(30-13-15-31(16-14-30)26(33)23-8-5-17-37-23)21-6-3-4-7-22(21)32(27(24)34)18-19-9-11-20(29)12-10-19;1-2;/h3-12,17H,2,13-16,18H2,1H3;1-2H3;1H3. The number of esters is 1. The number of hydrogen-bond acceptors (Lipinski definition) is 7. The molecule has 1 aliphatic heterocycles. The molecule has 4 aromatic rings. The highest BCUT2D eigenvalue weighted by Gasteiger charge is 2.30. The van der Waals surface area contributed by atoms with Gasteiger partial charge in [-0.15, -0.1) is 11.3 Å². The van der Waals surface area contributed by atoms with Crippen LogP contribution in [-0.2, 0) is 11.3 Å². The Balaban J connectivity index is 0.00000144. The summed E-state index contributed by atoms with van der Waals surface area (Å²) in [5.41, 5.74) is 1.43. The van der Waals surface area contributed by atoms with Crippen molar-refractivity contribution in [2.75, 3.05) is 37.7 Å². The van der Waals surface area contributed by atoms with E-state index >= 15 is 0 Å². The van der Waals surface area contributed by atoms with Crippen LogP contribution in [-0.4, -0.2) is 54.1 Å². The lowest BCUT2D eigenvalue weighted by molar-refractivity contribution is 0.0523. The molecule has 0 aliphatic carbocycles. The number of amides is 1. The monoisotopic (exact) mass is 566 g/mol. The van der Waals surface area contributed by atoms with Crippen LogP contribution >= 0.6 is 11.3 Å². The number of hydrogen-bond donors (Lipinski definition) is 1. The van der Waals surface area contributed by atoms with Crippen molar-refractivity contribution >= 4 is 39.8 Å². The van der Waals surface area contributed by atoms with E-state index in [2.05, 4.69) is 0 Å². The number of anilines is 1. The summed E-state index contributed by atoms with van der Waals surface area (Å²) in [5.74, 6) is -1.06. The fourth-order valence-corrected chi connectivity index (χ4v) is 5.41. The van der Waals surface area contributed by atoms with Crippen LogP contribution in [0.25, 0.3) is 10.9 Å². The Bertz CT molecular complexity index is 1490. The molecule has 0 spiro atoms. The SMILES string of the molecule is CC.CCOC(=O)c1c(N2CCN(C(=O)c3cccs3)CC2)c2ccccc2n(Cc2ccc(F)cc2)c1=O.N. The Morgan fingerprint density at radius 2 is 1.62 bits per heavy atom. The highest BCUT2D eigenvalue weighted by atomic mass is 32.1. The minimum absolute atomic E-state index is 0. The van der Waals surface area contributed by atoms with E-state index in [-0.39, 0.29) is 36.6 Å². The smallest absolute Gasteiger partial charge is 0.345 e. The van der Waals surface area contributed by atoms with Crippen LogP contribution in [0.3, 0.4) is 0 Å². The molecule has 0 unspecified atom stereocenters. The van der Waals surface area contributed by atoms with Crippen molar-refractivity contribution in [1.82, 2.24) is 15.6 Å². The summed E-state index contributed by atoms with van der Waals surface area (Å²) in [4.78, 5) is 44.4. The zero-order valence-electron chi connectivity index (χ0n) is 23.1. The largest absolute Gasteiger partial charge is 0.462 e. The first-order valence-electron chi connectivity index (χ1n) is 13.1. The first-order valence-corrected chi connectivity index (χ1v) is 14.0. The maximum absolute atomic E-state index is 13.9. The fourth-order valence-electron chi connectivity index (χ4n) is 4.72. The molecule has 0 radical (unpaired) electrons. The van der Waals surface area contributed by atoms with Gasteiger partial charge in [0.1, 0.15) is 11.4 Å². The Hall–Kier alpha value is -4.02.